The predicted molar refractivity (Wildman–Crippen MR) is 116 cm³/mol. The van der Waals surface area contributed by atoms with Gasteiger partial charge in [0.25, 0.3) is 0 Å². The van der Waals surface area contributed by atoms with E-state index in [9.17, 15) is 13.2 Å². The Morgan fingerprint density at radius 3 is 2.37 bits per heavy atom. The summed E-state index contributed by atoms with van der Waals surface area (Å²) in [6, 6.07) is 7.12. The largest absolute Gasteiger partial charge is 0.497 e. The second kappa shape index (κ2) is 9.98. The van der Waals surface area contributed by atoms with E-state index in [0.29, 0.717) is 13.0 Å². The lowest BCUT2D eigenvalue weighted by molar-refractivity contribution is -0.137. The highest BCUT2D eigenvalue weighted by atomic mass is 32.2. The van der Waals surface area contributed by atoms with Crippen LogP contribution in [0.4, 0.5) is 0 Å². The molecule has 168 valence electrons. The Morgan fingerprint density at radius 1 is 1.17 bits per heavy atom. The Morgan fingerprint density at radius 2 is 1.80 bits per heavy atom. The van der Waals surface area contributed by atoms with Crippen LogP contribution in [0.2, 0.25) is 0 Å². The number of nitrogens with zero attached hydrogens (tertiary/aromatic N) is 3. The summed E-state index contributed by atoms with van der Waals surface area (Å²) in [5, 5.41) is 0. The quantitative estimate of drug-likeness (QED) is 0.591. The Kier molecular flexibility index (Phi) is 7.60. The van der Waals surface area contributed by atoms with Crippen LogP contribution >= 0.6 is 0 Å². The number of rotatable bonds is 8. The number of methoxy groups -OCH3 is 1. The first-order chi connectivity index (χ1) is 14.3. The smallest absolute Gasteiger partial charge is 0.239 e. The van der Waals surface area contributed by atoms with Crippen LogP contribution in [0.3, 0.4) is 0 Å². The van der Waals surface area contributed by atoms with Crippen molar-refractivity contribution in [3.8, 4) is 11.5 Å². The molecular weight excluding hydrogens is 406 g/mol. The van der Waals surface area contributed by atoms with E-state index in [0.717, 1.165) is 44.2 Å². The van der Waals surface area contributed by atoms with Gasteiger partial charge in [-0.1, -0.05) is 0 Å². The summed E-state index contributed by atoms with van der Waals surface area (Å²) in [5.74, 6) is 1.91. The van der Waals surface area contributed by atoms with Crippen molar-refractivity contribution < 1.29 is 22.7 Å². The SMILES string of the molecule is COc1ccc(OCCN2CCN(C(C)C(=O)N(C)C3CCS(=O)(=O)C3)CC2)cc1. The van der Waals surface area contributed by atoms with E-state index in [1.807, 2.05) is 31.2 Å². The zero-order valence-electron chi connectivity index (χ0n) is 18.1. The summed E-state index contributed by atoms with van der Waals surface area (Å²) in [7, 11) is 0.377. The second-order valence-electron chi connectivity index (χ2n) is 8.08. The summed E-state index contributed by atoms with van der Waals surface area (Å²) < 4.78 is 34.4. The highest BCUT2D eigenvalue weighted by molar-refractivity contribution is 7.91. The molecule has 0 spiro atoms. The third-order valence-corrected chi connectivity index (χ3v) is 7.90. The standard InChI is InChI=1S/C21H33N3O5S/c1-17(21(25)22(2)18-8-15-30(26,27)16-18)24-11-9-23(10-12-24)13-14-29-20-6-4-19(28-3)5-7-20/h4-7,17-18H,8-16H2,1-3H3. The Labute approximate surface area is 179 Å². The summed E-state index contributed by atoms with van der Waals surface area (Å²) in [6.45, 7) is 6.75. The molecule has 3 rings (SSSR count). The number of hydrogen-bond acceptors (Lipinski definition) is 7. The maximum absolute atomic E-state index is 12.8. The molecule has 1 aromatic carbocycles. The van der Waals surface area contributed by atoms with Crippen molar-refractivity contribution in [3.05, 3.63) is 24.3 Å². The lowest BCUT2D eigenvalue weighted by Crippen LogP contribution is -2.55. The first kappa shape index (κ1) is 22.8. The molecule has 9 heteroatoms. The zero-order valence-corrected chi connectivity index (χ0v) is 18.9. The summed E-state index contributed by atoms with van der Waals surface area (Å²) in [6.07, 6.45) is 0.541. The second-order valence-corrected chi connectivity index (χ2v) is 10.3. The molecule has 2 unspecified atom stereocenters. The van der Waals surface area contributed by atoms with E-state index in [1.54, 1.807) is 19.1 Å². The van der Waals surface area contributed by atoms with Gasteiger partial charge in [-0.3, -0.25) is 14.6 Å². The topological polar surface area (TPSA) is 79.4 Å². The van der Waals surface area contributed by atoms with E-state index >= 15 is 0 Å². The first-order valence-corrected chi connectivity index (χ1v) is 12.3. The minimum atomic E-state index is -3.00. The minimum absolute atomic E-state index is 0.00777. The fraction of sp³-hybridized carbons (Fsp3) is 0.667. The fourth-order valence-electron chi connectivity index (χ4n) is 4.05. The fourth-order valence-corrected chi connectivity index (χ4v) is 5.82. The van der Waals surface area contributed by atoms with Crippen molar-refractivity contribution in [3.63, 3.8) is 0 Å². The molecule has 8 nitrogen and oxygen atoms in total. The van der Waals surface area contributed by atoms with E-state index in [4.69, 9.17) is 9.47 Å². The van der Waals surface area contributed by atoms with Gasteiger partial charge < -0.3 is 14.4 Å². The molecule has 0 radical (unpaired) electrons. The van der Waals surface area contributed by atoms with Crippen molar-refractivity contribution in [2.24, 2.45) is 0 Å². The third-order valence-electron chi connectivity index (χ3n) is 6.15. The summed E-state index contributed by atoms with van der Waals surface area (Å²) >= 11 is 0. The van der Waals surface area contributed by atoms with Crippen LogP contribution in [0.15, 0.2) is 24.3 Å². The maximum atomic E-state index is 12.8. The van der Waals surface area contributed by atoms with Crippen LogP contribution in [0.5, 0.6) is 11.5 Å². The molecule has 2 heterocycles. The van der Waals surface area contributed by atoms with Crippen LogP contribution in [-0.2, 0) is 14.6 Å². The van der Waals surface area contributed by atoms with Crippen molar-refractivity contribution in [1.82, 2.24) is 14.7 Å². The predicted octanol–water partition coefficient (Wildman–Crippen LogP) is 0.726. The van der Waals surface area contributed by atoms with Gasteiger partial charge in [-0.05, 0) is 37.6 Å². The van der Waals surface area contributed by atoms with Crippen LogP contribution in [-0.4, -0.2) is 106 Å². The molecule has 2 fully saturated rings. The van der Waals surface area contributed by atoms with Gasteiger partial charge >= 0.3 is 0 Å². The van der Waals surface area contributed by atoms with Crippen molar-refractivity contribution >= 4 is 15.7 Å². The molecule has 2 aliphatic heterocycles. The molecule has 0 N–H and O–H groups in total. The van der Waals surface area contributed by atoms with Crippen molar-refractivity contribution in [2.75, 3.05) is 65.0 Å². The Hall–Kier alpha value is -1.84. The highest BCUT2D eigenvalue weighted by Crippen LogP contribution is 2.19. The highest BCUT2D eigenvalue weighted by Gasteiger charge is 2.35. The maximum Gasteiger partial charge on any atom is 0.239 e. The van der Waals surface area contributed by atoms with Gasteiger partial charge in [0.05, 0.1) is 24.7 Å². The van der Waals surface area contributed by atoms with Gasteiger partial charge in [0.1, 0.15) is 18.1 Å². The average Bonchev–Trinajstić information content (AvgIpc) is 3.13. The summed E-state index contributed by atoms with van der Waals surface area (Å²) in [4.78, 5) is 19.0. The van der Waals surface area contributed by atoms with Gasteiger partial charge in [-0.25, -0.2) is 8.42 Å². The number of piperazine rings is 1. The van der Waals surface area contributed by atoms with Gasteiger partial charge in [0.15, 0.2) is 9.84 Å². The van der Waals surface area contributed by atoms with Crippen molar-refractivity contribution in [2.45, 2.75) is 25.4 Å². The molecule has 30 heavy (non-hydrogen) atoms. The van der Waals surface area contributed by atoms with Crippen LogP contribution < -0.4 is 9.47 Å². The normalized spacial score (nSPS) is 23.1. The number of carbonyl (C=O) groups is 1. The Bertz CT molecular complexity index is 806. The van der Waals surface area contributed by atoms with Gasteiger partial charge in [0.2, 0.25) is 5.91 Å². The molecule has 1 aromatic rings. The van der Waals surface area contributed by atoms with E-state index < -0.39 is 9.84 Å². The molecular formula is C21H33N3O5S. The zero-order chi connectivity index (χ0) is 21.7. The van der Waals surface area contributed by atoms with Gasteiger partial charge in [-0.2, -0.15) is 0 Å². The third kappa shape index (κ3) is 5.86. The molecule has 0 aromatic heterocycles. The van der Waals surface area contributed by atoms with Crippen LogP contribution in [0.25, 0.3) is 0 Å². The average molecular weight is 440 g/mol. The van der Waals surface area contributed by atoms with E-state index in [-0.39, 0.29) is 29.5 Å². The molecule has 0 aliphatic carbocycles. The summed E-state index contributed by atoms with van der Waals surface area (Å²) in [5.41, 5.74) is 0. The van der Waals surface area contributed by atoms with Crippen LogP contribution in [0, 0.1) is 0 Å². The van der Waals surface area contributed by atoms with E-state index in [2.05, 4.69) is 9.80 Å². The minimum Gasteiger partial charge on any atom is -0.497 e. The van der Waals surface area contributed by atoms with E-state index in [1.165, 1.54) is 0 Å². The number of hydrogen-bond donors (Lipinski definition) is 0. The van der Waals surface area contributed by atoms with Gasteiger partial charge in [0, 0.05) is 45.8 Å². The number of amides is 1. The molecule has 2 atom stereocenters. The lowest BCUT2D eigenvalue weighted by Gasteiger charge is -2.39. The lowest BCUT2D eigenvalue weighted by atomic mass is 10.1. The molecule has 2 aliphatic rings. The number of benzene rings is 1. The van der Waals surface area contributed by atoms with Crippen LogP contribution in [0.1, 0.15) is 13.3 Å². The number of sulfone groups is 1. The number of ether oxygens (including phenoxy) is 2. The number of carbonyl (C=O) groups excluding carboxylic acids is 1. The molecule has 2 saturated heterocycles. The molecule has 1 amide bonds. The number of likely N-dealkylation sites (N-methyl/N-ethyl adjacent to an activating group) is 1. The Balaban J connectivity index is 1.39. The van der Waals surface area contributed by atoms with Gasteiger partial charge in [-0.15, -0.1) is 0 Å². The van der Waals surface area contributed by atoms with Crippen molar-refractivity contribution in [1.29, 1.82) is 0 Å². The molecule has 0 bridgehead atoms. The monoisotopic (exact) mass is 439 g/mol. The first-order valence-electron chi connectivity index (χ1n) is 10.5. The molecule has 0 saturated carbocycles.